The Bertz CT molecular complexity index is 461. The molecule has 1 aromatic rings. The Labute approximate surface area is 112 Å². The molecule has 0 aromatic heterocycles. The van der Waals surface area contributed by atoms with Gasteiger partial charge in [0.25, 0.3) is 5.91 Å². The van der Waals surface area contributed by atoms with Gasteiger partial charge in [0.2, 0.25) is 0 Å². The number of carboxylic acids is 1. The number of piperazine rings is 1. The molecule has 1 aromatic carbocycles. The first-order chi connectivity index (χ1) is 9.08. The first-order valence-corrected chi connectivity index (χ1v) is 6.39. The molecule has 2 atom stereocenters. The topological polar surface area (TPSA) is 69.6 Å². The molecule has 0 unspecified atom stereocenters. The Balaban J connectivity index is 2.09. The van der Waals surface area contributed by atoms with Crippen molar-refractivity contribution in [2.24, 2.45) is 0 Å². The van der Waals surface area contributed by atoms with Crippen LogP contribution in [0.1, 0.15) is 23.7 Å². The van der Waals surface area contributed by atoms with Crippen LogP contribution in [-0.2, 0) is 4.79 Å². The van der Waals surface area contributed by atoms with E-state index in [1.165, 1.54) is 0 Å². The molecule has 0 saturated carbocycles. The minimum absolute atomic E-state index is 0.0330. The summed E-state index contributed by atoms with van der Waals surface area (Å²) in [5.74, 6) is -0.885. The van der Waals surface area contributed by atoms with Crippen LogP contribution in [0.5, 0.6) is 0 Å². The summed E-state index contributed by atoms with van der Waals surface area (Å²) in [5.41, 5.74) is 0.644. The van der Waals surface area contributed by atoms with Crippen LogP contribution in [0.15, 0.2) is 30.3 Å². The molecule has 1 fully saturated rings. The van der Waals surface area contributed by atoms with Gasteiger partial charge in [0.1, 0.15) is 0 Å². The zero-order valence-corrected chi connectivity index (χ0v) is 10.9. The van der Waals surface area contributed by atoms with Gasteiger partial charge in [-0.1, -0.05) is 18.2 Å². The maximum atomic E-state index is 12.4. The first-order valence-electron chi connectivity index (χ1n) is 6.39. The molecule has 5 nitrogen and oxygen atoms in total. The minimum Gasteiger partial charge on any atom is -0.481 e. The maximum absolute atomic E-state index is 12.4. The number of rotatable bonds is 3. The number of hydrogen-bond donors (Lipinski definition) is 2. The second-order valence-corrected chi connectivity index (χ2v) is 4.88. The monoisotopic (exact) mass is 262 g/mol. The van der Waals surface area contributed by atoms with E-state index in [0.29, 0.717) is 18.7 Å². The normalized spacial score (nSPS) is 23.1. The van der Waals surface area contributed by atoms with Gasteiger partial charge in [0.05, 0.1) is 6.42 Å². The van der Waals surface area contributed by atoms with Crippen molar-refractivity contribution in [3.8, 4) is 0 Å². The first kappa shape index (κ1) is 13.5. The Hall–Kier alpha value is -1.88. The number of nitrogens with one attached hydrogen (secondary N) is 1. The predicted octanol–water partition coefficient (Wildman–Crippen LogP) is 0.964. The lowest BCUT2D eigenvalue weighted by molar-refractivity contribution is -0.137. The largest absolute Gasteiger partial charge is 0.481 e. The molecule has 0 radical (unpaired) electrons. The van der Waals surface area contributed by atoms with Gasteiger partial charge in [-0.05, 0) is 19.1 Å². The van der Waals surface area contributed by atoms with Crippen molar-refractivity contribution in [2.75, 3.05) is 13.1 Å². The summed E-state index contributed by atoms with van der Waals surface area (Å²) in [4.78, 5) is 24.9. The lowest BCUT2D eigenvalue weighted by Crippen LogP contribution is -2.57. The van der Waals surface area contributed by atoms with Gasteiger partial charge >= 0.3 is 5.97 Å². The Kier molecular flexibility index (Phi) is 4.16. The van der Waals surface area contributed by atoms with Crippen LogP contribution in [0.2, 0.25) is 0 Å². The lowest BCUT2D eigenvalue weighted by Gasteiger charge is -2.38. The molecule has 1 aliphatic heterocycles. The molecule has 0 aliphatic carbocycles. The predicted molar refractivity (Wildman–Crippen MR) is 71.0 cm³/mol. The molecule has 0 spiro atoms. The van der Waals surface area contributed by atoms with E-state index in [9.17, 15) is 9.59 Å². The Morgan fingerprint density at radius 2 is 2.05 bits per heavy atom. The molecule has 1 amide bonds. The molecule has 1 aliphatic rings. The summed E-state index contributed by atoms with van der Waals surface area (Å²) >= 11 is 0. The summed E-state index contributed by atoms with van der Waals surface area (Å²) in [6, 6.07) is 8.97. The summed E-state index contributed by atoms with van der Waals surface area (Å²) < 4.78 is 0. The van der Waals surface area contributed by atoms with Crippen LogP contribution in [0, 0.1) is 0 Å². The average Bonchev–Trinajstić information content (AvgIpc) is 2.40. The van der Waals surface area contributed by atoms with Crippen molar-refractivity contribution < 1.29 is 14.7 Å². The molecule has 5 heteroatoms. The third-order valence-electron chi connectivity index (χ3n) is 3.35. The number of hydrogen-bond acceptors (Lipinski definition) is 3. The quantitative estimate of drug-likeness (QED) is 0.851. The molecule has 2 rings (SSSR count). The van der Waals surface area contributed by atoms with E-state index in [1.807, 2.05) is 25.1 Å². The lowest BCUT2D eigenvalue weighted by atomic mass is 10.1. The number of benzene rings is 1. The molecular weight excluding hydrogens is 244 g/mol. The van der Waals surface area contributed by atoms with Crippen LogP contribution < -0.4 is 5.32 Å². The van der Waals surface area contributed by atoms with E-state index in [0.717, 1.165) is 0 Å². The minimum atomic E-state index is -0.848. The van der Waals surface area contributed by atoms with Gasteiger partial charge in [-0.2, -0.15) is 0 Å². The Morgan fingerprint density at radius 1 is 1.37 bits per heavy atom. The van der Waals surface area contributed by atoms with Crippen LogP contribution in [0.25, 0.3) is 0 Å². The van der Waals surface area contributed by atoms with Crippen LogP contribution in [-0.4, -0.2) is 47.1 Å². The van der Waals surface area contributed by atoms with Gasteiger partial charge in [-0.3, -0.25) is 9.59 Å². The summed E-state index contributed by atoms with van der Waals surface area (Å²) in [5, 5.41) is 12.0. The molecule has 2 N–H and O–H groups in total. The van der Waals surface area contributed by atoms with Crippen molar-refractivity contribution >= 4 is 11.9 Å². The van der Waals surface area contributed by atoms with E-state index in [2.05, 4.69) is 5.32 Å². The molecule has 1 saturated heterocycles. The van der Waals surface area contributed by atoms with E-state index in [-0.39, 0.29) is 24.4 Å². The molecule has 102 valence electrons. The van der Waals surface area contributed by atoms with Gasteiger partial charge < -0.3 is 15.3 Å². The molecular formula is C14H18N2O3. The second-order valence-electron chi connectivity index (χ2n) is 4.88. The highest BCUT2D eigenvalue weighted by Crippen LogP contribution is 2.13. The number of amides is 1. The van der Waals surface area contributed by atoms with Crippen molar-refractivity contribution in [1.29, 1.82) is 0 Å². The molecule has 0 bridgehead atoms. The number of aliphatic carboxylic acids is 1. The zero-order valence-electron chi connectivity index (χ0n) is 10.9. The fourth-order valence-corrected chi connectivity index (χ4v) is 2.31. The van der Waals surface area contributed by atoms with E-state index in [1.54, 1.807) is 17.0 Å². The van der Waals surface area contributed by atoms with Crippen LogP contribution in [0.3, 0.4) is 0 Å². The molecule has 1 heterocycles. The van der Waals surface area contributed by atoms with E-state index < -0.39 is 5.97 Å². The average molecular weight is 262 g/mol. The summed E-state index contributed by atoms with van der Waals surface area (Å²) in [6.07, 6.45) is 0.0330. The van der Waals surface area contributed by atoms with Crippen molar-refractivity contribution in [3.05, 3.63) is 35.9 Å². The van der Waals surface area contributed by atoms with Gasteiger partial charge in [0.15, 0.2) is 0 Å². The molecule has 19 heavy (non-hydrogen) atoms. The number of carboxylic acid groups (broad SMARTS) is 1. The highest BCUT2D eigenvalue weighted by Gasteiger charge is 2.30. The standard InChI is InChI=1S/C14H18N2O3/c1-10-8-15-12(7-13(17)18)9-16(10)14(19)11-5-3-2-4-6-11/h2-6,10,12,15H,7-9H2,1H3,(H,17,18)/t10-,12+/m0/s1. The fraction of sp³-hybridized carbons (Fsp3) is 0.429. The van der Waals surface area contributed by atoms with Crippen LogP contribution in [0.4, 0.5) is 0 Å². The van der Waals surface area contributed by atoms with Gasteiger partial charge in [-0.15, -0.1) is 0 Å². The van der Waals surface area contributed by atoms with Crippen LogP contribution >= 0.6 is 0 Å². The van der Waals surface area contributed by atoms with Crippen molar-refractivity contribution in [3.63, 3.8) is 0 Å². The van der Waals surface area contributed by atoms with Crippen molar-refractivity contribution in [1.82, 2.24) is 10.2 Å². The third kappa shape index (κ3) is 3.32. The highest BCUT2D eigenvalue weighted by atomic mass is 16.4. The summed E-state index contributed by atoms with van der Waals surface area (Å²) in [7, 11) is 0. The smallest absolute Gasteiger partial charge is 0.304 e. The highest BCUT2D eigenvalue weighted by molar-refractivity contribution is 5.94. The number of carbonyl (C=O) groups is 2. The number of carbonyl (C=O) groups excluding carboxylic acids is 1. The number of nitrogens with zero attached hydrogens (tertiary/aromatic N) is 1. The van der Waals surface area contributed by atoms with Gasteiger partial charge in [0, 0.05) is 30.7 Å². The van der Waals surface area contributed by atoms with E-state index >= 15 is 0 Å². The van der Waals surface area contributed by atoms with E-state index in [4.69, 9.17) is 5.11 Å². The summed E-state index contributed by atoms with van der Waals surface area (Å²) in [6.45, 7) is 3.02. The SMILES string of the molecule is C[C@H]1CN[C@H](CC(=O)O)CN1C(=O)c1ccccc1. The second kappa shape index (κ2) is 5.84. The van der Waals surface area contributed by atoms with Gasteiger partial charge in [-0.25, -0.2) is 0 Å². The van der Waals surface area contributed by atoms with Crippen molar-refractivity contribution in [2.45, 2.75) is 25.4 Å². The third-order valence-corrected chi connectivity index (χ3v) is 3.35. The maximum Gasteiger partial charge on any atom is 0.304 e. The zero-order chi connectivity index (χ0) is 13.8. The Morgan fingerprint density at radius 3 is 2.68 bits per heavy atom. The fourth-order valence-electron chi connectivity index (χ4n) is 2.31.